The second-order valence-electron chi connectivity index (χ2n) is 6.39. The van der Waals surface area contributed by atoms with E-state index in [9.17, 15) is 4.79 Å². The Morgan fingerprint density at radius 2 is 1.86 bits per heavy atom. The van der Waals surface area contributed by atoms with Crippen molar-refractivity contribution in [1.82, 2.24) is 15.1 Å². The number of nitrogens with one attached hydrogen (secondary N) is 2. The van der Waals surface area contributed by atoms with Crippen LogP contribution in [-0.4, -0.2) is 20.8 Å². The van der Waals surface area contributed by atoms with Crippen LogP contribution in [-0.2, 0) is 7.05 Å². The Morgan fingerprint density at radius 1 is 1.10 bits per heavy atom. The zero-order valence-corrected chi connectivity index (χ0v) is 17.4. The van der Waals surface area contributed by atoms with E-state index in [4.69, 9.17) is 17.0 Å². The molecule has 2 aromatic carbocycles. The molecule has 4 rings (SSSR count). The normalized spacial score (nSPS) is 10.7. The summed E-state index contributed by atoms with van der Waals surface area (Å²) in [6, 6.07) is 18.7. The van der Waals surface area contributed by atoms with Gasteiger partial charge in [0.25, 0.3) is 5.91 Å². The number of hydrogen-bond donors (Lipinski definition) is 2. The smallest absolute Gasteiger partial charge is 0.267 e. The predicted molar refractivity (Wildman–Crippen MR) is 120 cm³/mol. The number of fused-ring (bicyclic) bond motifs is 1. The van der Waals surface area contributed by atoms with E-state index in [0.29, 0.717) is 10.6 Å². The zero-order chi connectivity index (χ0) is 20.4. The molecule has 0 aliphatic carbocycles. The molecule has 0 aliphatic rings. The number of carbonyl (C=O) groups is 1. The van der Waals surface area contributed by atoms with Gasteiger partial charge in [-0.1, -0.05) is 24.3 Å². The summed E-state index contributed by atoms with van der Waals surface area (Å²) in [5.74, 6) is 1.16. The molecule has 1 amide bonds. The molecule has 29 heavy (non-hydrogen) atoms. The van der Waals surface area contributed by atoms with Crippen molar-refractivity contribution in [3.05, 3.63) is 71.2 Å². The topological polar surface area (TPSA) is 68.2 Å². The van der Waals surface area contributed by atoms with Crippen molar-refractivity contribution in [2.24, 2.45) is 7.05 Å². The van der Waals surface area contributed by atoms with Gasteiger partial charge in [-0.25, -0.2) is 0 Å². The Hall–Kier alpha value is -3.23. The van der Waals surface area contributed by atoms with Gasteiger partial charge >= 0.3 is 0 Å². The summed E-state index contributed by atoms with van der Waals surface area (Å²) < 4.78 is 7.60. The van der Waals surface area contributed by atoms with Crippen molar-refractivity contribution in [1.29, 1.82) is 0 Å². The molecular weight excluding hydrogens is 404 g/mol. The average molecular weight is 423 g/mol. The fraction of sp³-hybridized carbons (Fsp3) is 0.0952. The highest BCUT2D eigenvalue weighted by Gasteiger charge is 2.16. The van der Waals surface area contributed by atoms with Gasteiger partial charge in [0.05, 0.1) is 10.6 Å². The average Bonchev–Trinajstić information content (AvgIpc) is 3.24. The molecule has 146 valence electrons. The quantitative estimate of drug-likeness (QED) is 0.460. The van der Waals surface area contributed by atoms with Crippen LogP contribution < -0.4 is 15.4 Å². The lowest BCUT2D eigenvalue weighted by Crippen LogP contribution is -2.33. The van der Waals surface area contributed by atoms with Gasteiger partial charge in [-0.2, -0.15) is 5.10 Å². The van der Waals surface area contributed by atoms with Crippen LogP contribution in [0.5, 0.6) is 11.5 Å². The Bertz CT molecular complexity index is 1160. The minimum Gasteiger partial charge on any atom is -0.457 e. The largest absolute Gasteiger partial charge is 0.457 e. The van der Waals surface area contributed by atoms with Gasteiger partial charge in [0.15, 0.2) is 5.11 Å². The van der Waals surface area contributed by atoms with Crippen LogP contribution in [0.4, 0.5) is 5.69 Å². The monoisotopic (exact) mass is 422 g/mol. The Balaban J connectivity index is 1.41. The van der Waals surface area contributed by atoms with Crippen LogP contribution in [0, 0.1) is 6.92 Å². The zero-order valence-electron chi connectivity index (χ0n) is 15.8. The van der Waals surface area contributed by atoms with Crippen LogP contribution >= 0.6 is 23.6 Å². The van der Waals surface area contributed by atoms with Crippen molar-refractivity contribution in [3.63, 3.8) is 0 Å². The summed E-state index contributed by atoms with van der Waals surface area (Å²) in [4.78, 5) is 14.1. The van der Waals surface area contributed by atoms with E-state index >= 15 is 0 Å². The summed E-state index contributed by atoms with van der Waals surface area (Å²) in [6.45, 7) is 1.92. The van der Waals surface area contributed by atoms with E-state index in [1.165, 1.54) is 11.3 Å². The summed E-state index contributed by atoms with van der Waals surface area (Å²) in [7, 11) is 1.87. The van der Waals surface area contributed by atoms with Crippen molar-refractivity contribution in [2.75, 3.05) is 5.32 Å². The number of hydrogen-bond acceptors (Lipinski definition) is 5. The summed E-state index contributed by atoms with van der Waals surface area (Å²) in [6.07, 6.45) is 0. The molecule has 0 radical (unpaired) electrons. The van der Waals surface area contributed by atoms with E-state index in [1.807, 2.05) is 74.6 Å². The Labute approximate surface area is 177 Å². The molecule has 0 bridgehead atoms. The van der Waals surface area contributed by atoms with Gasteiger partial charge in [-0.15, -0.1) is 11.3 Å². The van der Waals surface area contributed by atoms with Crippen molar-refractivity contribution in [3.8, 4) is 11.5 Å². The molecule has 0 saturated carbocycles. The number of nitrogens with zero attached hydrogens (tertiary/aromatic N) is 2. The van der Waals surface area contributed by atoms with Crippen LogP contribution in [0.1, 0.15) is 15.4 Å². The van der Waals surface area contributed by atoms with E-state index in [1.54, 1.807) is 4.68 Å². The van der Waals surface area contributed by atoms with Gasteiger partial charge in [0, 0.05) is 24.2 Å². The van der Waals surface area contributed by atoms with Crippen molar-refractivity contribution in [2.45, 2.75) is 6.92 Å². The molecule has 0 unspecified atom stereocenters. The number of thiocarbonyl (C=S) groups is 1. The molecule has 6 nitrogen and oxygen atoms in total. The number of aryl methyl sites for hydroxylation is 2. The number of ether oxygens (including phenoxy) is 1. The van der Waals surface area contributed by atoms with Gasteiger partial charge in [0.1, 0.15) is 16.3 Å². The summed E-state index contributed by atoms with van der Waals surface area (Å²) in [5, 5.41) is 11.3. The van der Waals surface area contributed by atoms with Crippen molar-refractivity contribution < 1.29 is 9.53 Å². The number of amides is 1. The Kier molecular flexibility index (Phi) is 5.28. The number of para-hydroxylation sites is 1. The first-order valence-electron chi connectivity index (χ1n) is 8.88. The van der Waals surface area contributed by atoms with E-state index in [0.717, 1.165) is 27.3 Å². The molecule has 8 heteroatoms. The minimum atomic E-state index is -0.250. The van der Waals surface area contributed by atoms with Gasteiger partial charge in [-0.05, 0) is 49.5 Å². The first-order valence-corrected chi connectivity index (χ1v) is 10.1. The van der Waals surface area contributed by atoms with Crippen LogP contribution in [0.3, 0.4) is 0 Å². The lowest BCUT2D eigenvalue weighted by molar-refractivity contribution is 0.0981. The standard InChI is InChI=1S/C21H18N4O2S2/c1-13-17-12-18(29-20(17)25(2)24-13)19(26)23-21(28)22-14-7-6-10-16(11-14)27-15-8-4-3-5-9-15/h3-12H,1-2H3,(H2,22,23,26,28). The third-order valence-electron chi connectivity index (χ3n) is 4.22. The second kappa shape index (κ2) is 8.02. The highest BCUT2D eigenvalue weighted by Crippen LogP contribution is 2.27. The van der Waals surface area contributed by atoms with E-state index in [2.05, 4.69) is 15.7 Å². The number of rotatable bonds is 4. The highest BCUT2D eigenvalue weighted by molar-refractivity contribution is 7.80. The van der Waals surface area contributed by atoms with Gasteiger partial charge < -0.3 is 10.1 Å². The number of aromatic nitrogens is 2. The Morgan fingerprint density at radius 3 is 2.62 bits per heavy atom. The third kappa shape index (κ3) is 4.28. The second-order valence-corrected chi connectivity index (χ2v) is 7.83. The van der Waals surface area contributed by atoms with Crippen molar-refractivity contribution >= 4 is 50.5 Å². The minimum absolute atomic E-state index is 0.221. The number of thiophene rings is 1. The molecular formula is C21H18N4O2S2. The molecule has 0 aliphatic heterocycles. The van der Waals surface area contributed by atoms with Gasteiger partial charge in [0.2, 0.25) is 0 Å². The molecule has 0 atom stereocenters. The molecule has 0 fully saturated rings. The fourth-order valence-corrected chi connectivity index (χ4v) is 4.14. The third-order valence-corrected chi connectivity index (χ3v) is 5.62. The predicted octanol–water partition coefficient (Wildman–Crippen LogP) is 4.86. The van der Waals surface area contributed by atoms with Crippen LogP contribution in [0.15, 0.2) is 60.7 Å². The van der Waals surface area contributed by atoms with Crippen LogP contribution in [0.2, 0.25) is 0 Å². The maximum atomic E-state index is 12.6. The van der Waals surface area contributed by atoms with Crippen LogP contribution in [0.25, 0.3) is 10.2 Å². The lowest BCUT2D eigenvalue weighted by Gasteiger charge is -2.11. The fourth-order valence-electron chi connectivity index (χ4n) is 2.91. The molecule has 4 aromatic rings. The number of benzene rings is 2. The lowest BCUT2D eigenvalue weighted by atomic mass is 10.3. The number of carbonyl (C=O) groups excluding carboxylic acids is 1. The molecule has 0 spiro atoms. The van der Waals surface area contributed by atoms with E-state index in [-0.39, 0.29) is 11.0 Å². The van der Waals surface area contributed by atoms with Gasteiger partial charge in [-0.3, -0.25) is 14.8 Å². The summed E-state index contributed by atoms with van der Waals surface area (Å²) in [5.41, 5.74) is 1.62. The summed E-state index contributed by atoms with van der Waals surface area (Å²) >= 11 is 6.69. The molecule has 2 heterocycles. The van der Waals surface area contributed by atoms with E-state index < -0.39 is 0 Å². The first kappa shape index (κ1) is 19.1. The maximum Gasteiger partial charge on any atom is 0.267 e. The number of anilines is 1. The SMILES string of the molecule is Cc1nn(C)c2sc(C(=O)NC(=S)Nc3cccc(Oc4ccccc4)c3)cc12. The molecule has 2 aromatic heterocycles. The maximum absolute atomic E-state index is 12.6. The molecule has 0 saturated heterocycles. The highest BCUT2D eigenvalue weighted by atomic mass is 32.1. The molecule has 2 N–H and O–H groups in total. The first-order chi connectivity index (χ1) is 14.0.